The second-order valence-electron chi connectivity index (χ2n) is 7.96. The minimum Gasteiger partial charge on any atom is -0.360 e. The zero-order chi connectivity index (χ0) is 22.7. The average molecular weight is 464 g/mol. The Morgan fingerprint density at radius 1 is 1.03 bits per heavy atom. The van der Waals surface area contributed by atoms with Crippen LogP contribution in [0, 0.1) is 11.3 Å². The van der Waals surface area contributed by atoms with Gasteiger partial charge in [-0.2, -0.15) is 5.26 Å². The van der Waals surface area contributed by atoms with Crippen LogP contribution in [0.25, 0.3) is 0 Å². The van der Waals surface area contributed by atoms with Gasteiger partial charge in [0.2, 0.25) is 5.91 Å². The Morgan fingerprint density at radius 3 is 2.41 bits per heavy atom. The van der Waals surface area contributed by atoms with E-state index in [-0.39, 0.29) is 17.9 Å². The molecule has 4 rings (SSSR count). The first-order chi connectivity index (χ1) is 15.5. The fourth-order valence-electron chi connectivity index (χ4n) is 4.21. The fourth-order valence-corrected chi connectivity index (χ4v) is 4.62. The summed E-state index contributed by atoms with van der Waals surface area (Å²) in [6, 6.07) is 25.0. The topological polar surface area (TPSA) is 47.3 Å². The minimum atomic E-state index is -0.216. The van der Waals surface area contributed by atoms with Crippen LogP contribution in [0.5, 0.6) is 0 Å². The number of benzene rings is 3. The summed E-state index contributed by atoms with van der Waals surface area (Å²) < 4.78 is 0. The number of rotatable bonds is 4. The number of piperazine rings is 1. The smallest absolute Gasteiger partial charge is 0.229 e. The molecule has 1 unspecified atom stereocenters. The van der Waals surface area contributed by atoms with E-state index in [1.54, 1.807) is 12.1 Å². The zero-order valence-corrected chi connectivity index (χ0v) is 19.2. The largest absolute Gasteiger partial charge is 0.360 e. The van der Waals surface area contributed by atoms with E-state index in [2.05, 4.69) is 11.0 Å². The van der Waals surface area contributed by atoms with Crippen LogP contribution >= 0.6 is 23.2 Å². The Morgan fingerprint density at radius 2 is 1.75 bits per heavy atom. The summed E-state index contributed by atoms with van der Waals surface area (Å²) in [6.07, 6.45) is 0. The normalized spacial score (nSPS) is 17.0. The van der Waals surface area contributed by atoms with Gasteiger partial charge in [0.15, 0.2) is 0 Å². The number of carbonyl (C=O) groups is 1. The molecule has 0 bridgehead atoms. The quantitative estimate of drug-likeness (QED) is 0.472. The molecule has 32 heavy (non-hydrogen) atoms. The lowest BCUT2D eigenvalue weighted by atomic mass is 9.97. The molecule has 3 aromatic carbocycles. The van der Waals surface area contributed by atoms with Crippen molar-refractivity contribution in [2.45, 2.75) is 18.9 Å². The lowest BCUT2D eigenvalue weighted by molar-refractivity contribution is -0.133. The maximum Gasteiger partial charge on any atom is 0.229 e. The molecule has 0 aromatic heterocycles. The molecule has 1 saturated heterocycles. The van der Waals surface area contributed by atoms with Crippen LogP contribution in [0.3, 0.4) is 0 Å². The molecule has 0 radical (unpaired) electrons. The summed E-state index contributed by atoms with van der Waals surface area (Å²) in [5.41, 5.74) is 3.44. The van der Waals surface area contributed by atoms with E-state index >= 15 is 0 Å². The minimum absolute atomic E-state index is 0.0848. The predicted molar refractivity (Wildman–Crippen MR) is 129 cm³/mol. The van der Waals surface area contributed by atoms with E-state index in [1.807, 2.05) is 72.5 Å². The van der Waals surface area contributed by atoms with Crippen LogP contribution in [0.1, 0.15) is 35.6 Å². The van der Waals surface area contributed by atoms with Gasteiger partial charge in [0.1, 0.15) is 0 Å². The van der Waals surface area contributed by atoms with Gasteiger partial charge >= 0.3 is 0 Å². The Kier molecular flexibility index (Phi) is 6.69. The van der Waals surface area contributed by atoms with Gasteiger partial charge in [-0.25, -0.2) is 0 Å². The molecule has 4 nitrogen and oxygen atoms in total. The molecular weight excluding hydrogens is 441 g/mol. The second-order valence-corrected chi connectivity index (χ2v) is 8.80. The van der Waals surface area contributed by atoms with Gasteiger partial charge in [-0.1, -0.05) is 65.7 Å². The monoisotopic (exact) mass is 463 g/mol. The van der Waals surface area contributed by atoms with Crippen LogP contribution in [0.4, 0.5) is 5.69 Å². The molecule has 162 valence electrons. The summed E-state index contributed by atoms with van der Waals surface area (Å²) >= 11 is 12.7. The number of amides is 1. The predicted octanol–water partition coefficient (Wildman–Crippen LogP) is 6.06. The van der Waals surface area contributed by atoms with Gasteiger partial charge in [0.05, 0.1) is 34.3 Å². The second kappa shape index (κ2) is 9.65. The van der Waals surface area contributed by atoms with E-state index in [9.17, 15) is 10.1 Å². The molecule has 1 heterocycles. The number of nitrogens with zero attached hydrogens (tertiary/aromatic N) is 3. The molecule has 1 fully saturated rings. The molecule has 0 saturated carbocycles. The third-order valence-electron chi connectivity index (χ3n) is 6.00. The Bertz CT molecular complexity index is 1140. The third-order valence-corrected chi connectivity index (χ3v) is 6.56. The van der Waals surface area contributed by atoms with Gasteiger partial charge in [-0.3, -0.25) is 4.79 Å². The van der Waals surface area contributed by atoms with Crippen molar-refractivity contribution in [2.75, 3.05) is 24.5 Å². The molecule has 1 amide bonds. The first-order valence-electron chi connectivity index (χ1n) is 10.5. The van der Waals surface area contributed by atoms with Gasteiger partial charge in [-0.15, -0.1) is 0 Å². The number of hydrogen-bond donors (Lipinski definition) is 0. The van der Waals surface area contributed by atoms with Crippen molar-refractivity contribution in [3.05, 3.63) is 99.5 Å². The van der Waals surface area contributed by atoms with Crippen LogP contribution in [-0.4, -0.2) is 30.4 Å². The standard InChI is InChI=1S/C26H23Cl2N3O/c1-18(20-5-3-2-4-6-20)26(32)30-13-14-31(24-12-7-19(16-29)15-23(24)28)25(17-30)21-8-10-22(27)11-9-21/h2-12,15,18,25H,13-14,17H2,1H3/t18-,25?/m0/s1. The third kappa shape index (κ3) is 4.60. The number of halogens is 2. The van der Waals surface area contributed by atoms with Crippen molar-refractivity contribution < 1.29 is 4.79 Å². The summed E-state index contributed by atoms with van der Waals surface area (Å²) in [6.45, 7) is 3.72. The fraction of sp³-hybridized carbons (Fsp3) is 0.231. The molecule has 0 N–H and O–H groups in total. The number of nitriles is 1. The highest BCUT2D eigenvalue weighted by Gasteiger charge is 2.33. The average Bonchev–Trinajstić information content (AvgIpc) is 2.84. The molecule has 3 aromatic rings. The summed E-state index contributed by atoms with van der Waals surface area (Å²) in [4.78, 5) is 17.5. The SMILES string of the molecule is C[C@H](C(=O)N1CCN(c2ccc(C#N)cc2Cl)C(c2ccc(Cl)cc2)C1)c1ccccc1. The highest BCUT2D eigenvalue weighted by atomic mass is 35.5. The van der Waals surface area contributed by atoms with E-state index in [0.717, 1.165) is 16.8 Å². The number of carbonyl (C=O) groups excluding carboxylic acids is 1. The molecule has 6 heteroatoms. The van der Waals surface area contributed by atoms with Crippen LogP contribution in [-0.2, 0) is 4.79 Å². The van der Waals surface area contributed by atoms with Gasteiger partial charge in [0, 0.05) is 24.7 Å². The lowest BCUT2D eigenvalue weighted by Crippen LogP contribution is -2.51. The van der Waals surface area contributed by atoms with Crippen molar-refractivity contribution in [3.63, 3.8) is 0 Å². The molecule has 1 aliphatic rings. The van der Waals surface area contributed by atoms with Gasteiger partial charge in [-0.05, 0) is 48.4 Å². The summed E-state index contributed by atoms with van der Waals surface area (Å²) in [7, 11) is 0. The number of anilines is 1. The lowest BCUT2D eigenvalue weighted by Gasteiger charge is -2.44. The maximum atomic E-state index is 13.3. The summed E-state index contributed by atoms with van der Waals surface area (Å²) in [5, 5.41) is 10.4. The van der Waals surface area contributed by atoms with Crippen LogP contribution < -0.4 is 4.90 Å². The number of hydrogen-bond acceptors (Lipinski definition) is 3. The van der Waals surface area contributed by atoms with Crippen molar-refractivity contribution in [1.29, 1.82) is 5.26 Å². The summed E-state index contributed by atoms with van der Waals surface area (Å²) in [5.74, 6) is -0.104. The Balaban J connectivity index is 1.64. The molecule has 2 atom stereocenters. The van der Waals surface area contributed by atoms with Gasteiger partial charge < -0.3 is 9.80 Å². The van der Waals surface area contributed by atoms with Crippen molar-refractivity contribution in [2.24, 2.45) is 0 Å². The zero-order valence-electron chi connectivity index (χ0n) is 17.7. The molecular formula is C26H23Cl2N3O. The van der Waals surface area contributed by atoms with Crippen molar-refractivity contribution in [3.8, 4) is 6.07 Å². The van der Waals surface area contributed by atoms with E-state index in [4.69, 9.17) is 23.2 Å². The highest BCUT2D eigenvalue weighted by Crippen LogP contribution is 2.36. The highest BCUT2D eigenvalue weighted by molar-refractivity contribution is 6.33. The van der Waals surface area contributed by atoms with Crippen LogP contribution in [0.15, 0.2) is 72.8 Å². The molecule has 0 spiro atoms. The van der Waals surface area contributed by atoms with Gasteiger partial charge in [0.25, 0.3) is 0 Å². The molecule has 0 aliphatic carbocycles. The first-order valence-corrected chi connectivity index (χ1v) is 11.3. The Hall–Kier alpha value is -3.00. The first kappa shape index (κ1) is 22.2. The van der Waals surface area contributed by atoms with E-state index in [1.165, 1.54) is 0 Å². The van der Waals surface area contributed by atoms with E-state index < -0.39 is 0 Å². The maximum absolute atomic E-state index is 13.3. The van der Waals surface area contributed by atoms with Crippen LogP contribution in [0.2, 0.25) is 10.0 Å². The Labute approximate surface area is 198 Å². The molecule has 1 aliphatic heterocycles. The van der Waals surface area contributed by atoms with E-state index in [0.29, 0.717) is 35.2 Å². The van der Waals surface area contributed by atoms with Crippen molar-refractivity contribution >= 4 is 34.8 Å². The van der Waals surface area contributed by atoms with Crippen molar-refractivity contribution in [1.82, 2.24) is 4.90 Å².